The monoisotopic (exact) mass is 981 g/mol. The SMILES string of the molecule is CCCCCCCCCCCCCCCCCC(=O)S(CCC(=O)OCC(O)CO)(C(=O)CCCCCCCCCCCCCCCCC)C(=O)CCCCCCCCCCCCCCCCC. The highest BCUT2D eigenvalue weighted by molar-refractivity contribution is 8.65. The van der Waals surface area contributed by atoms with E-state index in [1.54, 1.807) is 0 Å². The molecule has 0 aliphatic heterocycles. The van der Waals surface area contributed by atoms with Crippen LogP contribution in [0.4, 0.5) is 0 Å². The van der Waals surface area contributed by atoms with Crippen molar-refractivity contribution >= 4 is 31.3 Å². The first-order chi connectivity index (χ1) is 33.3. The fraction of sp³-hybridized carbons (Fsp3) is 0.933. The first kappa shape index (κ1) is 66.8. The maximum Gasteiger partial charge on any atom is 0.306 e. The van der Waals surface area contributed by atoms with Gasteiger partial charge in [0.2, 0.25) is 0 Å². The van der Waals surface area contributed by atoms with Crippen LogP contribution in [-0.2, 0) is 23.9 Å². The van der Waals surface area contributed by atoms with Crippen molar-refractivity contribution in [2.24, 2.45) is 0 Å². The van der Waals surface area contributed by atoms with Crippen molar-refractivity contribution in [3.05, 3.63) is 0 Å². The van der Waals surface area contributed by atoms with Crippen molar-refractivity contribution < 1.29 is 34.1 Å². The van der Waals surface area contributed by atoms with Gasteiger partial charge in [0.05, 0.1) is 13.0 Å². The topological polar surface area (TPSA) is 118 Å². The zero-order valence-corrected chi connectivity index (χ0v) is 46.5. The first-order valence-electron chi connectivity index (χ1n) is 30.1. The third-order valence-electron chi connectivity index (χ3n) is 14.4. The third-order valence-corrected chi connectivity index (χ3v) is 18.1. The van der Waals surface area contributed by atoms with E-state index in [4.69, 9.17) is 4.74 Å². The molecule has 1 unspecified atom stereocenters. The van der Waals surface area contributed by atoms with Crippen molar-refractivity contribution in [3.63, 3.8) is 0 Å². The van der Waals surface area contributed by atoms with E-state index in [2.05, 4.69) is 20.8 Å². The Labute approximate surface area is 424 Å². The second-order valence-electron chi connectivity index (χ2n) is 20.9. The number of rotatable bonds is 54. The van der Waals surface area contributed by atoms with Crippen LogP contribution in [-0.4, -0.2) is 56.6 Å². The highest BCUT2D eigenvalue weighted by atomic mass is 32.3. The van der Waals surface area contributed by atoms with Gasteiger partial charge in [0.1, 0.15) is 12.7 Å². The molecular formula is C60H116O7S. The number of hydrogen-bond donors (Lipinski definition) is 2. The molecule has 1 atom stereocenters. The van der Waals surface area contributed by atoms with Crippen LogP contribution in [0.3, 0.4) is 0 Å². The van der Waals surface area contributed by atoms with Crippen LogP contribution in [0.15, 0.2) is 0 Å². The standard InChI is InChI=1S/C60H116O7S/c1-4-7-10-13-16-19-22-25-28-31-34-37-40-43-46-49-58(64)68(53-52-57(63)67-55-56(62)54-61,59(65)50-47-44-41-38-35-32-29-26-23-20-17-14-11-8-5-2)60(66)51-48-45-42-39-36-33-30-27-24-21-18-15-12-9-6-3/h56,61-62H,4-55H2,1-3H3. The van der Waals surface area contributed by atoms with Gasteiger partial charge in [0.25, 0.3) is 0 Å². The summed E-state index contributed by atoms with van der Waals surface area (Å²) < 4.78 is 5.23. The Hall–Kier alpha value is -1.25. The summed E-state index contributed by atoms with van der Waals surface area (Å²) in [5.74, 6) is -0.734. The number of ether oxygens (including phenoxy) is 1. The number of carbonyl (C=O) groups is 4. The molecule has 0 aliphatic carbocycles. The molecule has 68 heavy (non-hydrogen) atoms. The quantitative estimate of drug-likeness (QED) is 0.0460. The fourth-order valence-electron chi connectivity index (χ4n) is 9.72. The zero-order chi connectivity index (χ0) is 49.9. The highest BCUT2D eigenvalue weighted by Crippen LogP contribution is 2.55. The third kappa shape index (κ3) is 40.4. The molecule has 0 amide bonds. The summed E-state index contributed by atoms with van der Waals surface area (Å²) in [6.07, 6.45) is 54.2. The van der Waals surface area contributed by atoms with E-state index in [1.165, 1.54) is 212 Å². The van der Waals surface area contributed by atoms with Crippen molar-refractivity contribution in [2.75, 3.05) is 19.0 Å². The normalized spacial score (nSPS) is 12.4. The number of aliphatic hydroxyl groups is 2. The van der Waals surface area contributed by atoms with E-state index in [1.807, 2.05) is 0 Å². The van der Waals surface area contributed by atoms with Gasteiger partial charge in [-0.15, -0.1) is 0 Å². The molecular weight excluding hydrogens is 865 g/mol. The van der Waals surface area contributed by atoms with Crippen LogP contribution in [0.1, 0.15) is 335 Å². The Morgan fingerprint density at radius 2 is 0.544 bits per heavy atom. The molecule has 2 N–H and O–H groups in total. The summed E-state index contributed by atoms with van der Waals surface area (Å²) in [4.78, 5) is 56.5. The van der Waals surface area contributed by atoms with Crippen LogP contribution in [0.25, 0.3) is 0 Å². The smallest absolute Gasteiger partial charge is 0.306 e. The molecule has 7 nitrogen and oxygen atoms in total. The van der Waals surface area contributed by atoms with Crippen molar-refractivity contribution in [1.82, 2.24) is 0 Å². The average Bonchev–Trinajstić information content (AvgIpc) is 3.34. The van der Waals surface area contributed by atoms with E-state index >= 15 is 0 Å². The van der Waals surface area contributed by atoms with Crippen molar-refractivity contribution in [2.45, 2.75) is 341 Å². The van der Waals surface area contributed by atoms with Crippen LogP contribution >= 0.6 is 10.0 Å². The lowest BCUT2D eigenvalue weighted by atomic mass is 10.0. The Kier molecular flexibility index (Phi) is 51.1. The Morgan fingerprint density at radius 3 is 0.750 bits per heavy atom. The lowest BCUT2D eigenvalue weighted by Crippen LogP contribution is -2.32. The summed E-state index contributed by atoms with van der Waals surface area (Å²) in [6, 6.07) is 0. The summed E-state index contributed by atoms with van der Waals surface area (Å²) in [7, 11) is -3.06. The minimum Gasteiger partial charge on any atom is -0.463 e. The Balaban J connectivity index is 5.31. The molecule has 0 radical (unpaired) electrons. The van der Waals surface area contributed by atoms with E-state index in [0.717, 1.165) is 57.8 Å². The maximum absolute atomic E-state index is 14.5. The van der Waals surface area contributed by atoms with Gasteiger partial charge in [0.15, 0.2) is 15.3 Å². The van der Waals surface area contributed by atoms with Gasteiger partial charge in [-0.05, 0) is 19.3 Å². The van der Waals surface area contributed by atoms with Gasteiger partial charge in [-0.2, -0.15) is 0 Å². The highest BCUT2D eigenvalue weighted by Gasteiger charge is 2.44. The van der Waals surface area contributed by atoms with Crippen molar-refractivity contribution in [3.8, 4) is 0 Å². The van der Waals surface area contributed by atoms with Crippen LogP contribution < -0.4 is 0 Å². The van der Waals surface area contributed by atoms with E-state index < -0.39 is 28.7 Å². The molecule has 0 aromatic carbocycles. The number of hydrogen-bond acceptors (Lipinski definition) is 7. The molecule has 0 rings (SSSR count). The Bertz CT molecular complexity index is 1020. The zero-order valence-electron chi connectivity index (χ0n) is 45.7. The largest absolute Gasteiger partial charge is 0.463 e. The predicted molar refractivity (Wildman–Crippen MR) is 295 cm³/mol. The van der Waals surface area contributed by atoms with Gasteiger partial charge < -0.3 is 14.9 Å². The molecule has 0 heterocycles. The second kappa shape index (κ2) is 52.1. The van der Waals surface area contributed by atoms with Gasteiger partial charge >= 0.3 is 5.97 Å². The molecule has 404 valence electrons. The number of aliphatic hydroxyl groups excluding tert-OH is 2. The first-order valence-corrected chi connectivity index (χ1v) is 31.9. The molecule has 0 bridgehead atoms. The van der Waals surface area contributed by atoms with E-state index in [0.29, 0.717) is 19.3 Å². The lowest BCUT2D eigenvalue weighted by molar-refractivity contribution is -0.146. The van der Waals surface area contributed by atoms with Gasteiger partial charge in [0, 0.05) is 25.0 Å². The lowest BCUT2D eigenvalue weighted by Gasteiger charge is -2.35. The molecule has 0 aromatic rings. The molecule has 8 heteroatoms. The molecule has 0 saturated carbocycles. The number of unbranched alkanes of at least 4 members (excludes halogenated alkanes) is 42. The van der Waals surface area contributed by atoms with Crippen molar-refractivity contribution in [1.29, 1.82) is 0 Å². The number of carbonyl (C=O) groups excluding carboxylic acids is 4. The van der Waals surface area contributed by atoms with Crippen LogP contribution in [0.5, 0.6) is 0 Å². The minimum atomic E-state index is -3.06. The summed E-state index contributed by atoms with van der Waals surface area (Å²) in [5.41, 5.74) is 0. The molecule has 0 aliphatic rings. The maximum atomic E-state index is 14.5. The molecule has 0 aromatic heterocycles. The summed E-state index contributed by atoms with van der Waals surface area (Å²) >= 11 is 0. The second-order valence-corrected chi connectivity index (χ2v) is 24.2. The predicted octanol–water partition coefficient (Wildman–Crippen LogP) is 18.4. The summed E-state index contributed by atoms with van der Waals surface area (Å²) in [6.45, 7) is 5.91. The Morgan fingerprint density at radius 1 is 0.338 bits per heavy atom. The summed E-state index contributed by atoms with van der Waals surface area (Å²) in [5, 5.41) is 18.4. The number of esters is 1. The minimum absolute atomic E-state index is 0.0895. The fourth-order valence-corrected chi connectivity index (χ4v) is 13.1. The van der Waals surface area contributed by atoms with Crippen LogP contribution in [0.2, 0.25) is 0 Å². The van der Waals surface area contributed by atoms with Gasteiger partial charge in [-0.1, -0.05) is 300 Å². The van der Waals surface area contributed by atoms with Crippen LogP contribution in [0, 0.1) is 0 Å². The molecule has 0 spiro atoms. The average molecular weight is 982 g/mol. The van der Waals surface area contributed by atoms with Gasteiger partial charge in [-0.25, -0.2) is 0 Å². The molecule has 0 fully saturated rings. The van der Waals surface area contributed by atoms with E-state index in [9.17, 15) is 29.4 Å². The molecule has 0 saturated heterocycles. The van der Waals surface area contributed by atoms with Gasteiger partial charge in [-0.3, -0.25) is 19.2 Å². The van der Waals surface area contributed by atoms with E-state index in [-0.39, 0.29) is 53.4 Å².